The summed E-state index contributed by atoms with van der Waals surface area (Å²) in [5, 5.41) is 3.05. The Morgan fingerprint density at radius 1 is 1.06 bits per heavy atom. The molecule has 1 atom stereocenters. The predicted octanol–water partition coefficient (Wildman–Crippen LogP) is 3.89. The minimum atomic E-state index is -0.0918. The number of rotatable bonds is 4. The van der Waals surface area contributed by atoms with Crippen LogP contribution in [0.4, 0.5) is 4.79 Å². The molecule has 2 aliphatic heterocycles. The van der Waals surface area contributed by atoms with Crippen LogP contribution < -0.4 is 5.32 Å². The molecule has 0 saturated carbocycles. The van der Waals surface area contributed by atoms with Gasteiger partial charge in [-0.25, -0.2) is 4.79 Å². The van der Waals surface area contributed by atoms with Gasteiger partial charge in [0.05, 0.1) is 19.3 Å². The number of hydrogen-bond donors (Lipinski definition) is 1. The molecule has 0 radical (unpaired) electrons. The first kappa shape index (κ1) is 21.4. The Hall–Kier alpha value is -2.80. The van der Waals surface area contributed by atoms with Gasteiger partial charge in [-0.2, -0.15) is 0 Å². The van der Waals surface area contributed by atoms with Crippen molar-refractivity contribution in [3.8, 4) is 0 Å². The zero-order chi connectivity index (χ0) is 21.6. The fraction of sp³-hybridized carbons (Fsp3) is 0.500. The van der Waals surface area contributed by atoms with Crippen LogP contribution in [0.15, 0.2) is 40.8 Å². The van der Waals surface area contributed by atoms with Crippen LogP contribution in [0.25, 0.3) is 0 Å². The molecule has 0 spiro atoms. The lowest BCUT2D eigenvalue weighted by molar-refractivity contribution is 0.0303. The number of nitrogens with zero attached hydrogens (tertiary/aromatic N) is 2. The van der Waals surface area contributed by atoms with E-state index in [0.29, 0.717) is 45.0 Å². The highest BCUT2D eigenvalue weighted by Gasteiger charge is 2.29. The number of carbonyl (C=O) groups is 2. The Balaban J connectivity index is 1.40. The van der Waals surface area contributed by atoms with Crippen molar-refractivity contribution >= 4 is 11.9 Å². The van der Waals surface area contributed by atoms with Crippen LogP contribution in [0, 0.1) is 6.92 Å². The molecule has 2 fully saturated rings. The lowest BCUT2D eigenvalue weighted by Crippen LogP contribution is -2.42. The number of morpholine rings is 1. The van der Waals surface area contributed by atoms with Gasteiger partial charge in [0.1, 0.15) is 11.5 Å². The van der Waals surface area contributed by atoms with E-state index < -0.39 is 0 Å². The summed E-state index contributed by atoms with van der Waals surface area (Å²) in [6, 6.07) is 11.3. The molecule has 31 heavy (non-hydrogen) atoms. The van der Waals surface area contributed by atoms with Crippen LogP contribution in [0.5, 0.6) is 0 Å². The molecular formula is C24H31N3O4. The molecule has 0 bridgehead atoms. The standard InChI is InChI=1S/C24H31N3O4/c1-18-9-10-22(31-18)21-8-3-2-4-11-27(21)24(29)25-17-19-6-5-7-20(16-19)23(28)26-12-14-30-15-13-26/h5-7,9-10,16,21H,2-4,8,11-15,17H2,1H3,(H,25,29). The zero-order valence-electron chi connectivity index (χ0n) is 18.1. The van der Waals surface area contributed by atoms with Crippen molar-refractivity contribution in [2.24, 2.45) is 0 Å². The first-order valence-electron chi connectivity index (χ1n) is 11.2. The van der Waals surface area contributed by atoms with E-state index >= 15 is 0 Å². The third kappa shape index (κ3) is 5.28. The van der Waals surface area contributed by atoms with Crippen molar-refractivity contribution in [1.82, 2.24) is 15.1 Å². The van der Waals surface area contributed by atoms with E-state index in [2.05, 4.69) is 5.32 Å². The largest absolute Gasteiger partial charge is 0.464 e. The minimum Gasteiger partial charge on any atom is -0.464 e. The summed E-state index contributed by atoms with van der Waals surface area (Å²) in [5.41, 5.74) is 1.56. The van der Waals surface area contributed by atoms with Gasteiger partial charge in [0.15, 0.2) is 0 Å². The van der Waals surface area contributed by atoms with Crippen LogP contribution in [-0.4, -0.2) is 54.6 Å². The number of likely N-dealkylation sites (tertiary alicyclic amines) is 1. The highest BCUT2D eigenvalue weighted by Crippen LogP contribution is 2.31. The predicted molar refractivity (Wildman–Crippen MR) is 117 cm³/mol. The Morgan fingerprint density at radius 2 is 1.90 bits per heavy atom. The molecule has 2 saturated heterocycles. The van der Waals surface area contributed by atoms with E-state index in [1.54, 1.807) is 0 Å². The molecule has 3 heterocycles. The lowest BCUT2D eigenvalue weighted by atomic mass is 10.1. The summed E-state index contributed by atoms with van der Waals surface area (Å²) < 4.78 is 11.2. The molecule has 4 rings (SSSR count). The fourth-order valence-electron chi connectivity index (χ4n) is 4.32. The average Bonchev–Trinajstić information content (AvgIpc) is 3.08. The topological polar surface area (TPSA) is 75.0 Å². The number of benzene rings is 1. The van der Waals surface area contributed by atoms with Crippen molar-refractivity contribution in [3.63, 3.8) is 0 Å². The molecule has 0 aliphatic carbocycles. The van der Waals surface area contributed by atoms with Crippen LogP contribution in [0.3, 0.4) is 0 Å². The lowest BCUT2D eigenvalue weighted by Gasteiger charge is -2.29. The Kier molecular flexibility index (Phi) is 6.92. The van der Waals surface area contributed by atoms with Gasteiger partial charge in [-0.05, 0) is 49.6 Å². The Labute approximate surface area is 183 Å². The van der Waals surface area contributed by atoms with Gasteiger partial charge in [-0.15, -0.1) is 0 Å². The summed E-state index contributed by atoms with van der Waals surface area (Å²) >= 11 is 0. The fourth-order valence-corrected chi connectivity index (χ4v) is 4.32. The van der Waals surface area contributed by atoms with Crippen molar-refractivity contribution < 1.29 is 18.7 Å². The maximum Gasteiger partial charge on any atom is 0.318 e. The quantitative estimate of drug-likeness (QED) is 0.807. The van der Waals surface area contributed by atoms with Crippen molar-refractivity contribution in [2.45, 2.75) is 45.2 Å². The number of carbonyl (C=O) groups excluding carboxylic acids is 2. The molecule has 1 aromatic heterocycles. The number of nitrogens with one attached hydrogen (secondary N) is 1. The maximum absolute atomic E-state index is 13.1. The van der Waals surface area contributed by atoms with E-state index in [1.807, 2.05) is 53.1 Å². The number of ether oxygens (including phenoxy) is 1. The van der Waals surface area contributed by atoms with Gasteiger partial charge in [0, 0.05) is 31.7 Å². The summed E-state index contributed by atoms with van der Waals surface area (Å²) in [6.07, 6.45) is 4.10. The molecule has 1 aromatic carbocycles. The minimum absolute atomic E-state index is 0.0113. The molecule has 3 amide bonds. The van der Waals surface area contributed by atoms with Gasteiger partial charge in [-0.1, -0.05) is 25.0 Å². The third-order valence-electron chi connectivity index (χ3n) is 6.02. The number of hydrogen-bond acceptors (Lipinski definition) is 4. The first-order chi connectivity index (χ1) is 15.1. The summed E-state index contributed by atoms with van der Waals surface area (Å²) in [5.74, 6) is 1.73. The third-order valence-corrected chi connectivity index (χ3v) is 6.02. The smallest absolute Gasteiger partial charge is 0.318 e. The number of urea groups is 1. The summed E-state index contributed by atoms with van der Waals surface area (Å²) in [6.45, 7) is 5.40. The summed E-state index contributed by atoms with van der Waals surface area (Å²) in [7, 11) is 0. The highest BCUT2D eigenvalue weighted by atomic mass is 16.5. The van der Waals surface area contributed by atoms with E-state index in [4.69, 9.17) is 9.15 Å². The second-order valence-corrected chi connectivity index (χ2v) is 8.27. The van der Waals surface area contributed by atoms with E-state index in [1.165, 1.54) is 0 Å². The second kappa shape index (κ2) is 10.0. The molecule has 1 unspecified atom stereocenters. The van der Waals surface area contributed by atoms with Crippen molar-refractivity contribution in [1.29, 1.82) is 0 Å². The van der Waals surface area contributed by atoms with E-state index in [9.17, 15) is 9.59 Å². The zero-order valence-corrected chi connectivity index (χ0v) is 18.1. The Morgan fingerprint density at radius 3 is 2.68 bits per heavy atom. The molecule has 2 aliphatic rings. The van der Waals surface area contributed by atoms with E-state index in [0.717, 1.165) is 42.8 Å². The molecule has 2 aromatic rings. The second-order valence-electron chi connectivity index (χ2n) is 8.27. The van der Waals surface area contributed by atoms with Gasteiger partial charge in [0.2, 0.25) is 0 Å². The van der Waals surface area contributed by atoms with Crippen LogP contribution in [0.2, 0.25) is 0 Å². The van der Waals surface area contributed by atoms with Gasteiger partial charge in [0.25, 0.3) is 5.91 Å². The monoisotopic (exact) mass is 425 g/mol. The van der Waals surface area contributed by atoms with E-state index in [-0.39, 0.29) is 18.0 Å². The summed E-state index contributed by atoms with van der Waals surface area (Å²) in [4.78, 5) is 29.5. The van der Waals surface area contributed by atoms with Crippen LogP contribution >= 0.6 is 0 Å². The van der Waals surface area contributed by atoms with Crippen LogP contribution in [0.1, 0.15) is 59.2 Å². The first-order valence-corrected chi connectivity index (χ1v) is 11.2. The maximum atomic E-state index is 13.1. The van der Waals surface area contributed by atoms with Gasteiger partial charge < -0.3 is 24.3 Å². The normalized spacial score (nSPS) is 19.7. The van der Waals surface area contributed by atoms with Crippen molar-refractivity contribution in [2.75, 3.05) is 32.8 Å². The number of furan rings is 1. The van der Waals surface area contributed by atoms with Gasteiger partial charge >= 0.3 is 6.03 Å². The molecule has 1 N–H and O–H groups in total. The molecule has 7 nitrogen and oxygen atoms in total. The average molecular weight is 426 g/mol. The van der Waals surface area contributed by atoms with Crippen molar-refractivity contribution in [3.05, 3.63) is 59.0 Å². The molecule has 166 valence electrons. The number of amides is 3. The van der Waals surface area contributed by atoms with Gasteiger partial charge in [-0.3, -0.25) is 4.79 Å². The highest BCUT2D eigenvalue weighted by molar-refractivity contribution is 5.94. The number of aryl methyl sites for hydroxylation is 1. The molecule has 7 heteroatoms. The molecular weight excluding hydrogens is 394 g/mol. The SMILES string of the molecule is Cc1ccc(C2CCCCCN2C(=O)NCc2cccc(C(=O)N3CCOCC3)c2)o1. The Bertz CT molecular complexity index is 904. The van der Waals surface area contributed by atoms with Crippen LogP contribution in [-0.2, 0) is 11.3 Å².